The second-order valence-electron chi connectivity index (χ2n) is 2.99. The Morgan fingerprint density at radius 1 is 1.00 bits per heavy atom. The van der Waals surface area contributed by atoms with Gasteiger partial charge in [0.2, 0.25) is 0 Å². The van der Waals surface area contributed by atoms with E-state index in [1.807, 2.05) is 6.92 Å². The van der Waals surface area contributed by atoms with Gasteiger partial charge < -0.3 is 26.2 Å². The molecule has 15 heavy (non-hydrogen) atoms. The molecule has 1 unspecified atom stereocenters. The SMILES string of the molecule is CCC(N)O.OCCN(CCO)CCO. The predicted molar refractivity (Wildman–Crippen MR) is 58.2 cm³/mol. The predicted octanol–water partition coefficient (Wildman–Crippen LogP) is -2.06. The molecule has 0 rings (SSSR count). The van der Waals surface area contributed by atoms with Crippen molar-refractivity contribution in [2.45, 2.75) is 19.6 Å². The smallest absolute Gasteiger partial charge is 0.102 e. The van der Waals surface area contributed by atoms with E-state index in [0.717, 1.165) is 0 Å². The molecule has 0 fully saturated rings. The fourth-order valence-corrected chi connectivity index (χ4v) is 0.760. The van der Waals surface area contributed by atoms with Crippen LogP contribution in [0.5, 0.6) is 0 Å². The molecule has 0 aromatic heterocycles. The number of nitrogens with two attached hydrogens (primary N) is 1. The highest BCUT2D eigenvalue weighted by Crippen LogP contribution is 1.84. The Hall–Kier alpha value is -0.240. The lowest BCUT2D eigenvalue weighted by Crippen LogP contribution is -2.32. The number of aliphatic hydroxyl groups is 4. The van der Waals surface area contributed by atoms with E-state index in [4.69, 9.17) is 26.2 Å². The molecule has 0 saturated heterocycles. The highest BCUT2D eigenvalue weighted by molar-refractivity contribution is 4.54. The Labute approximate surface area is 90.9 Å². The zero-order valence-corrected chi connectivity index (χ0v) is 9.34. The maximum absolute atomic E-state index is 8.48. The van der Waals surface area contributed by atoms with Crippen molar-refractivity contribution in [3.8, 4) is 0 Å². The minimum Gasteiger partial charge on any atom is -0.395 e. The lowest BCUT2D eigenvalue weighted by atomic mass is 10.4. The second-order valence-corrected chi connectivity index (χ2v) is 2.99. The van der Waals surface area contributed by atoms with Crippen molar-refractivity contribution in [2.24, 2.45) is 5.73 Å². The molecule has 6 N–H and O–H groups in total. The second kappa shape index (κ2) is 13.8. The van der Waals surface area contributed by atoms with E-state index in [0.29, 0.717) is 26.1 Å². The van der Waals surface area contributed by atoms with Crippen LogP contribution in [0, 0.1) is 0 Å². The number of hydrogen-bond donors (Lipinski definition) is 5. The summed E-state index contributed by atoms with van der Waals surface area (Å²) < 4.78 is 0. The van der Waals surface area contributed by atoms with Crippen molar-refractivity contribution < 1.29 is 20.4 Å². The molecule has 0 saturated carbocycles. The van der Waals surface area contributed by atoms with Crippen LogP contribution >= 0.6 is 0 Å². The van der Waals surface area contributed by atoms with Crippen LogP contribution in [0.25, 0.3) is 0 Å². The Bertz CT molecular complexity index is 100. The maximum Gasteiger partial charge on any atom is 0.102 e. The fraction of sp³-hybridized carbons (Fsp3) is 1.00. The minimum absolute atomic E-state index is 0.0694. The summed E-state index contributed by atoms with van der Waals surface area (Å²) in [5.41, 5.74) is 4.85. The molecule has 1 atom stereocenters. The summed E-state index contributed by atoms with van der Waals surface area (Å²) in [7, 11) is 0. The average Bonchev–Trinajstić information content (AvgIpc) is 2.20. The van der Waals surface area contributed by atoms with E-state index in [-0.39, 0.29) is 19.8 Å². The molecule has 0 aromatic carbocycles. The summed E-state index contributed by atoms with van der Waals surface area (Å²) in [4.78, 5) is 1.79. The first kappa shape index (κ1) is 17.2. The van der Waals surface area contributed by atoms with Crippen LogP contribution in [-0.2, 0) is 0 Å². The molecule has 0 aliphatic carbocycles. The van der Waals surface area contributed by atoms with E-state index >= 15 is 0 Å². The van der Waals surface area contributed by atoms with Crippen molar-refractivity contribution >= 4 is 0 Å². The quantitative estimate of drug-likeness (QED) is 0.318. The van der Waals surface area contributed by atoms with Gasteiger partial charge in [-0.05, 0) is 6.42 Å². The zero-order chi connectivity index (χ0) is 12.1. The number of hydrogen-bond acceptors (Lipinski definition) is 6. The summed E-state index contributed by atoms with van der Waals surface area (Å²) in [6.45, 7) is 3.58. The van der Waals surface area contributed by atoms with E-state index in [2.05, 4.69) is 0 Å². The summed E-state index contributed by atoms with van der Waals surface area (Å²) >= 11 is 0. The summed E-state index contributed by atoms with van der Waals surface area (Å²) in [5, 5.41) is 33.6. The van der Waals surface area contributed by atoms with E-state index in [1.165, 1.54) is 0 Å². The Morgan fingerprint density at radius 3 is 1.40 bits per heavy atom. The van der Waals surface area contributed by atoms with Crippen LogP contribution in [0.2, 0.25) is 0 Å². The summed E-state index contributed by atoms with van der Waals surface area (Å²) in [6, 6.07) is 0. The first-order valence-corrected chi connectivity index (χ1v) is 5.10. The Kier molecular flexibility index (Phi) is 15.7. The van der Waals surface area contributed by atoms with Crippen molar-refractivity contribution in [1.82, 2.24) is 4.90 Å². The van der Waals surface area contributed by atoms with Gasteiger partial charge >= 0.3 is 0 Å². The van der Waals surface area contributed by atoms with Crippen LogP contribution in [-0.4, -0.2) is 71.0 Å². The van der Waals surface area contributed by atoms with E-state index in [9.17, 15) is 0 Å². The molecule has 94 valence electrons. The van der Waals surface area contributed by atoms with Crippen molar-refractivity contribution in [3.63, 3.8) is 0 Å². The number of aliphatic hydroxyl groups excluding tert-OH is 4. The fourth-order valence-electron chi connectivity index (χ4n) is 0.760. The van der Waals surface area contributed by atoms with Crippen LogP contribution in [0.4, 0.5) is 0 Å². The third-order valence-electron chi connectivity index (χ3n) is 1.67. The molecule has 0 radical (unpaired) electrons. The lowest BCUT2D eigenvalue weighted by Gasteiger charge is -2.17. The van der Waals surface area contributed by atoms with Gasteiger partial charge in [0.05, 0.1) is 19.8 Å². The van der Waals surface area contributed by atoms with Gasteiger partial charge in [-0.25, -0.2) is 0 Å². The molecule has 0 aliphatic rings. The minimum atomic E-state index is -0.616. The number of nitrogens with zero attached hydrogens (tertiary/aromatic N) is 1. The van der Waals surface area contributed by atoms with Crippen molar-refractivity contribution in [3.05, 3.63) is 0 Å². The molecule has 0 spiro atoms. The molecular formula is C9H24N2O4. The Balaban J connectivity index is 0. The van der Waals surface area contributed by atoms with Crippen molar-refractivity contribution in [1.29, 1.82) is 0 Å². The molecule has 0 aliphatic heterocycles. The third kappa shape index (κ3) is 16.4. The summed E-state index contributed by atoms with van der Waals surface area (Å²) in [5.74, 6) is 0. The highest BCUT2D eigenvalue weighted by atomic mass is 16.3. The van der Waals surface area contributed by atoms with Crippen LogP contribution in [0.3, 0.4) is 0 Å². The standard InChI is InChI=1S/C6H15NO3.C3H9NO/c8-4-1-7(2-5-9)3-6-10;1-2-3(4)5/h8-10H,1-6H2;3,5H,2,4H2,1H3. The first-order valence-electron chi connectivity index (χ1n) is 5.10. The van der Waals surface area contributed by atoms with E-state index < -0.39 is 6.23 Å². The van der Waals surface area contributed by atoms with Gasteiger partial charge in [0.25, 0.3) is 0 Å². The van der Waals surface area contributed by atoms with Gasteiger partial charge in [-0.15, -0.1) is 0 Å². The monoisotopic (exact) mass is 224 g/mol. The van der Waals surface area contributed by atoms with E-state index in [1.54, 1.807) is 4.90 Å². The summed E-state index contributed by atoms with van der Waals surface area (Å²) in [6.07, 6.45) is 0.0231. The van der Waals surface area contributed by atoms with Gasteiger partial charge in [0.15, 0.2) is 0 Å². The van der Waals surface area contributed by atoms with Gasteiger partial charge in [-0.3, -0.25) is 4.90 Å². The first-order chi connectivity index (χ1) is 7.12. The Morgan fingerprint density at radius 2 is 1.27 bits per heavy atom. The molecular weight excluding hydrogens is 200 g/mol. The molecule has 0 heterocycles. The molecule has 6 nitrogen and oxygen atoms in total. The van der Waals surface area contributed by atoms with Crippen LogP contribution in [0.15, 0.2) is 0 Å². The van der Waals surface area contributed by atoms with Gasteiger partial charge in [0, 0.05) is 19.6 Å². The molecule has 6 heteroatoms. The zero-order valence-electron chi connectivity index (χ0n) is 9.34. The molecule has 0 aromatic rings. The van der Waals surface area contributed by atoms with Crippen LogP contribution in [0.1, 0.15) is 13.3 Å². The average molecular weight is 224 g/mol. The topological polar surface area (TPSA) is 110 Å². The normalized spacial score (nSPS) is 12.2. The van der Waals surface area contributed by atoms with Crippen LogP contribution < -0.4 is 5.73 Å². The van der Waals surface area contributed by atoms with Gasteiger partial charge in [-0.1, -0.05) is 6.92 Å². The van der Waals surface area contributed by atoms with Gasteiger partial charge in [-0.2, -0.15) is 0 Å². The maximum atomic E-state index is 8.48. The number of rotatable bonds is 7. The largest absolute Gasteiger partial charge is 0.395 e. The molecule has 0 bridgehead atoms. The third-order valence-corrected chi connectivity index (χ3v) is 1.67. The van der Waals surface area contributed by atoms with Crippen molar-refractivity contribution in [2.75, 3.05) is 39.5 Å². The lowest BCUT2D eigenvalue weighted by molar-refractivity contribution is 0.136. The highest BCUT2D eigenvalue weighted by Gasteiger charge is 2.00. The van der Waals surface area contributed by atoms with Gasteiger partial charge in [0.1, 0.15) is 6.23 Å². The molecule has 0 amide bonds.